The highest BCUT2D eigenvalue weighted by molar-refractivity contribution is 6.00. The van der Waals surface area contributed by atoms with Crippen LogP contribution in [0.5, 0.6) is 0 Å². The highest BCUT2D eigenvalue weighted by Gasteiger charge is 2.49. The molecule has 2 aliphatic heterocycles. The van der Waals surface area contributed by atoms with E-state index in [4.69, 9.17) is 0 Å². The molecule has 3 atom stereocenters. The molecule has 1 aliphatic carbocycles. The van der Waals surface area contributed by atoms with Gasteiger partial charge < -0.3 is 14.9 Å². The summed E-state index contributed by atoms with van der Waals surface area (Å²) in [6, 6.07) is 4.63. The van der Waals surface area contributed by atoms with Gasteiger partial charge in [-0.25, -0.2) is 4.79 Å². The summed E-state index contributed by atoms with van der Waals surface area (Å²) < 4.78 is 0. The molecule has 3 unspecified atom stereocenters. The fraction of sp³-hybridized carbons (Fsp3) is 0.526. The maximum Gasteiger partial charge on any atom is 0.326 e. The minimum absolute atomic E-state index is 0.0740. The zero-order valence-electron chi connectivity index (χ0n) is 14.3. The number of hydrogen-bond acceptors (Lipinski definition) is 3. The first-order valence-corrected chi connectivity index (χ1v) is 8.90. The van der Waals surface area contributed by atoms with Gasteiger partial charge in [0, 0.05) is 31.3 Å². The number of carbonyl (C=O) groups excluding carboxylic acids is 2. The molecule has 0 radical (unpaired) electrons. The van der Waals surface area contributed by atoms with Gasteiger partial charge in [-0.2, -0.15) is 0 Å². The number of carbonyl (C=O) groups is 3. The molecule has 1 aromatic carbocycles. The predicted molar refractivity (Wildman–Crippen MR) is 91.5 cm³/mol. The van der Waals surface area contributed by atoms with Crippen LogP contribution in [0.3, 0.4) is 0 Å². The number of nitrogens with zero attached hydrogens (tertiary/aromatic N) is 2. The van der Waals surface area contributed by atoms with E-state index in [1.165, 1.54) is 0 Å². The molecule has 132 valence electrons. The van der Waals surface area contributed by atoms with E-state index in [-0.39, 0.29) is 17.7 Å². The maximum atomic E-state index is 13.0. The number of aliphatic carboxylic acids is 1. The Morgan fingerprint density at radius 1 is 1.20 bits per heavy atom. The molecule has 2 amide bonds. The molecule has 0 aromatic heterocycles. The lowest BCUT2D eigenvalue weighted by molar-refractivity contribution is -0.142. The highest BCUT2D eigenvalue weighted by atomic mass is 16.4. The standard InChI is InChI=1S/C19H22N2O4/c1-20-15-7-5-12(9-11(15)6-8-16(20)22)18(23)21-10-13-3-2-4-14(13)17(21)19(24)25/h5,7,9,13-14,17H,2-4,6,8,10H2,1H3,(H,24,25). The zero-order chi connectivity index (χ0) is 17.7. The van der Waals surface area contributed by atoms with Crippen LogP contribution in [0.15, 0.2) is 18.2 Å². The summed E-state index contributed by atoms with van der Waals surface area (Å²) in [6.07, 6.45) is 4.01. The number of anilines is 1. The highest BCUT2D eigenvalue weighted by Crippen LogP contribution is 2.43. The van der Waals surface area contributed by atoms with E-state index in [2.05, 4.69) is 0 Å². The average Bonchev–Trinajstić information content (AvgIpc) is 3.17. The number of benzene rings is 1. The van der Waals surface area contributed by atoms with Gasteiger partial charge in [0.05, 0.1) is 0 Å². The largest absolute Gasteiger partial charge is 0.480 e. The molecule has 6 nitrogen and oxygen atoms in total. The molecule has 0 bridgehead atoms. The van der Waals surface area contributed by atoms with Gasteiger partial charge >= 0.3 is 5.97 Å². The zero-order valence-corrected chi connectivity index (χ0v) is 14.3. The number of carboxylic acids is 1. The first-order valence-electron chi connectivity index (χ1n) is 8.90. The van der Waals surface area contributed by atoms with Crippen LogP contribution < -0.4 is 4.90 Å². The summed E-state index contributed by atoms with van der Waals surface area (Å²) >= 11 is 0. The van der Waals surface area contributed by atoms with E-state index in [0.717, 1.165) is 30.5 Å². The number of likely N-dealkylation sites (tertiary alicyclic amines) is 1. The van der Waals surface area contributed by atoms with Crippen LogP contribution in [-0.4, -0.2) is 47.4 Å². The van der Waals surface area contributed by atoms with Crippen molar-refractivity contribution >= 4 is 23.5 Å². The molecule has 1 saturated carbocycles. The van der Waals surface area contributed by atoms with Crippen LogP contribution in [0.2, 0.25) is 0 Å². The second-order valence-electron chi connectivity index (χ2n) is 7.39. The number of fused-ring (bicyclic) bond motifs is 2. The normalized spacial score (nSPS) is 28.0. The second-order valence-corrected chi connectivity index (χ2v) is 7.39. The van der Waals surface area contributed by atoms with Crippen molar-refractivity contribution in [3.8, 4) is 0 Å². The molecular weight excluding hydrogens is 320 g/mol. The van der Waals surface area contributed by atoms with Gasteiger partial charge in [0.15, 0.2) is 0 Å². The van der Waals surface area contributed by atoms with Crippen molar-refractivity contribution in [2.45, 2.75) is 38.1 Å². The van der Waals surface area contributed by atoms with Gasteiger partial charge in [-0.3, -0.25) is 9.59 Å². The van der Waals surface area contributed by atoms with E-state index in [1.54, 1.807) is 29.0 Å². The monoisotopic (exact) mass is 342 g/mol. The van der Waals surface area contributed by atoms with Crippen LogP contribution in [0, 0.1) is 11.8 Å². The molecule has 25 heavy (non-hydrogen) atoms. The molecular formula is C19H22N2O4. The lowest BCUT2D eigenvalue weighted by Crippen LogP contribution is -2.43. The van der Waals surface area contributed by atoms with Crippen molar-refractivity contribution in [1.82, 2.24) is 4.90 Å². The van der Waals surface area contributed by atoms with Gasteiger partial charge in [-0.05, 0) is 54.9 Å². The van der Waals surface area contributed by atoms with E-state index in [0.29, 0.717) is 30.9 Å². The first kappa shape index (κ1) is 16.1. The minimum atomic E-state index is -0.897. The Bertz CT molecular complexity index is 760. The van der Waals surface area contributed by atoms with Crippen LogP contribution in [-0.2, 0) is 16.0 Å². The van der Waals surface area contributed by atoms with Crippen molar-refractivity contribution in [2.24, 2.45) is 11.8 Å². The molecule has 3 aliphatic rings. The van der Waals surface area contributed by atoms with Gasteiger partial charge in [-0.1, -0.05) is 6.42 Å². The summed E-state index contributed by atoms with van der Waals surface area (Å²) in [5.41, 5.74) is 2.33. The Labute approximate surface area is 146 Å². The molecule has 2 fully saturated rings. The smallest absolute Gasteiger partial charge is 0.326 e. The summed E-state index contributed by atoms with van der Waals surface area (Å²) in [5, 5.41) is 9.64. The Kier molecular flexibility index (Phi) is 3.78. The SMILES string of the molecule is CN1C(=O)CCc2cc(C(=O)N3CC4CCCC4C3C(=O)O)ccc21. The topological polar surface area (TPSA) is 77.9 Å². The van der Waals surface area contributed by atoms with Crippen molar-refractivity contribution in [1.29, 1.82) is 0 Å². The van der Waals surface area contributed by atoms with E-state index in [1.807, 2.05) is 6.07 Å². The predicted octanol–water partition coefficient (Wildman–Crippen LogP) is 1.92. The van der Waals surface area contributed by atoms with E-state index >= 15 is 0 Å². The molecule has 2 heterocycles. The van der Waals surface area contributed by atoms with Gasteiger partial charge in [0.2, 0.25) is 5.91 Å². The third kappa shape index (κ3) is 2.51. The Balaban J connectivity index is 1.63. The average molecular weight is 342 g/mol. The molecule has 1 N–H and O–H groups in total. The van der Waals surface area contributed by atoms with Gasteiger partial charge in [0.25, 0.3) is 5.91 Å². The van der Waals surface area contributed by atoms with E-state index in [9.17, 15) is 19.5 Å². The lowest BCUT2D eigenvalue weighted by Gasteiger charge is -2.28. The second kappa shape index (κ2) is 5.86. The van der Waals surface area contributed by atoms with Crippen molar-refractivity contribution < 1.29 is 19.5 Å². The first-order chi connectivity index (χ1) is 12.0. The molecule has 4 rings (SSSR count). The number of rotatable bonds is 2. The van der Waals surface area contributed by atoms with Crippen molar-refractivity contribution in [3.05, 3.63) is 29.3 Å². The number of aryl methyl sites for hydroxylation is 1. The van der Waals surface area contributed by atoms with Crippen LogP contribution in [0.4, 0.5) is 5.69 Å². The molecule has 1 aromatic rings. The van der Waals surface area contributed by atoms with Crippen molar-refractivity contribution in [2.75, 3.05) is 18.5 Å². The van der Waals surface area contributed by atoms with Crippen LogP contribution >= 0.6 is 0 Å². The molecule has 0 spiro atoms. The summed E-state index contributed by atoms with van der Waals surface area (Å²) in [7, 11) is 1.74. The lowest BCUT2D eigenvalue weighted by atomic mass is 9.94. The number of hydrogen-bond donors (Lipinski definition) is 1. The minimum Gasteiger partial charge on any atom is -0.480 e. The third-order valence-corrected chi connectivity index (χ3v) is 6.07. The number of carboxylic acid groups (broad SMARTS) is 1. The van der Waals surface area contributed by atoms with E-state index < -0.39 is 12.0 Å². The molecule has 1 saturated heterocycles. The fourth-order valence-electron chi connectivity index (χ4n) is 4.79. The Hall–Kier alpha value is -2.37. The number of amides is 2. The summed E-state index contributed by atoms with van der Waals surface area (Å²) in [5.74, 6) is -0.630. The fourth-order valence-corrected chi connectivity index (χ4v) is 4.79. The quantitative estimate of drug-likeness (QED) is 0.891. The Morgan fingerprint density at radius 2 is 2.00 bits per heavy atom. The van der Waals surface area contributed by atoms with Crippen LogP contribution in [0.25, 0.3) is 0 Å². The Morgan fingerprint density at radius 3 is 2.76 bits per heavy atom. The van der Waals surface area contributed by atoms with Crippen molar-refractivity contribution in [3.63, 3.8) is 0 Å². The molecule has 6 heteroatoms. The summed E-state index contributed by atoms with van der Waals surface area (Å²) in [6.45, 7) is 0.538. The third-order valence-electron chi connectivity index (χ3n) is 6.07. The van der Waals surface area contributed by atoms with Crippen LogP contribution in [0.1, 0.15) is 41.6 Å². The summed E-state index contributed by atoms with van der Waals surface area (Å²) in [4.78, 5) is 39.7. The van der Waals surface area contributed by atoms with Gasteiger partial charge in [0.1, 0.15) is 6.04 Å². The maximum absolute atomic E-state index is 13.0. The van der Waals surface area contributed by atoms with Gasteiger partial charge in [-0.15, -0.1) is 0 Å².